The Bertz CT molecular complexity index is 502. The second-order valence-electron chi connectivity index (χ2n) is 6.70. The largest absolute Gasteiger partial charge is 0.497 e. The van der Waals surface area contributed by atoms with E-state index in [1.165, 1.54) is 24.8 Å². The molecule has 0 bridgehead atoms. The number of benzene rings is 1. The second-order valence-corrected chi connectivity index (χ2v) is 7.10. The van der Waals surface area contributed by atoms with Crippen molar-refractivity contribution in [3.05, 3.63) is 28.8 Å². The summed E-state index contributed by atoms with van der Waals surface area (Å²) in [4.78, 5) is 2.51. The van der Waals surface area contributed by atoms with Crippen molar-refractivity contribution >= 4 is 11.6 Å². The molecule has 3 unspecified atom stereocenters. The number of methoxy groups -OCH3 is 1. The molecule has 2 saturated heterocycles. The number of ether oxygens (including phenoxy) is 2. The lowest BCUT2D eigenvalue weighted by molar-refractivity contribution is -0.0267. The molecule has 1 aromatic rings. The SMILES string of the molecule is COc1ccc(CN2CC(C)C(C3CCCCO3)C2)c(Cl)c1. The molecule has 0 N–H and O–H groups in total. The van der Waals surface area contributed by atoms with Crippen LogP contribution in [0.25, 0.3) is 0 Å². The molecule has 3 rings (SSSR count). The van der Waals surface area contributed by atoms with Gasteiger partial charge in [-0.3, -0.25) is 4.90 Å². The summed E-state index contributed by atoms with van der Waals surface area (Å²) in [6.07, 6.45) is 4.23. The first kappa shape index (κ1) is 16.1. The van der Waals surface area contributed by atoms with Crippen LogP contribution in [-0.4, -0.2) is 37.8 Å². The number of likely N-dealkylation sites (tertiary alicyclic amines) is 1. The van der Waals surface area contributed by atoms with Gasteiger partial charge in [0.2, 0.25) is 0 Å². The van der Waals surface area contributed by atoms with E-state index in [4.69, 9.17) is 21.1 Å². The van der Waals surface area contributed by atoms with Gasteiger partial charge in [-0.05, 0) is 42.9 Å². The molecule has 0 amide bonds. The Morgan fingerprint density at radius 3 is 2.86 bits per heavy atom. The summed E-state index contributed by atoms with van der Waals surface area (Å²) in [6.45, 7) is 6.47. The van der Waals surface area contributed by atoms with E-state index in [1.807, 2.05) is 12.1 Å². The highest BCUT2D eigenvalue weighted by molar-refractivity contribution is 6.31. The fourth-order valence-corrected chi connectivity index (χ4v) is 4.07. The first-order valence-corrected chi connectivity index (χ1v) is 8.71. The first-order chi connectivity index (χ1) is 10.7. The van der Waals surface area contributed by atoms with Crippen molar-refractivity contribution in [2.75, 3.05) is 26.8 Å². The van der Waals surface area contributed by atoms with E-state index in [-0.39, 0.29) is 0 Å². The minimum atomic E-state index is 0.458. The highest BCUT2D eigenvalue weighted by Crippen LogP contribution is 2.33. The third kappa shape index (κ3) is 3.58. The maximum atomic E-state index is 6.38. The van der Waals surface area contributed by atoms with Crippen LogP contribution < -0.4 is 4.74 Å². The summed E-state index contributed by atoms with van der Waals surface area (Å²) >= 11 is 6.38. The summed E-state index contributed by atoms with van der Waals surface area (Å²) in [7, 11) is 1.67. The molecule has 22 heavy (non-hydrogen) atoms. The third-order valence-electron chi connectivity index (χ3n) is 5.09. The number of hydrogen-bond donors (Lipinski definition) is 0. The van der Waals surface area contributed by atoms with E-state index in [0.717, 1.165) is 37.0 Å². The Morgan fingerprint density at radius 2 is 2.18 bits per heavy atom. The van der Waals surface area contributed by atoms with Gasteiger partial charge >= 0.3 is 0 Å². The second kappa shape index (κ2) is 7.20. The molecule has 2 fully saturated rings. The molecule has 122 valence electrons. The summed E-state index contributed by atoms with van der Waals surface area (Å²) in [5.74, 6) is 2.18. The number of rotatable bonds is 4. The molecule has 2 aliphatic heterocycles. The van der Waals surface area contributed by atoms with E-state index >= 15 is 0 Å². The Labute approximate surface area is 138 Å². The van der Waals surface area contributed by atoms with Crippen LogP contribution in [0.2, 0.25) is 5.02 Å². The molecule has 4 heteroatoms. The number of hydrogen-bond acceptors (Lipinski definition) is 3. The van der Waals surface area contributed by atoms with Crippen molar-refractivity contribution in [1.82, 2.24) is 4.90 Å². The molecule has 3 atom stereocenters. The molecule has 0 aromatic heterocycles. The van der Waals surface area contributed by atoms with Crippen molar-refractivity contribution in [2.45, 2.75) is 38.8 Å². The highest BCUT2D eigenvalue weighted by atomic mass is 35.5. The number of nitrogens with zero attached hydrogens (tertiary/aromatic N) is 1. The fourth-order valence-electron chi connectivity index (χ4n) is 3.84. The smallest absolute Gasteiger partial charge is 0.120 e. The topological polar surface area (TPSA) is 21.7 Å². The lowest BCUT2D eigenvalue weighted by Gasteiger charge is -2.30. The van der Waals surface area contributed by atoms with Crippen LogP contribution in [0.3, 0.4) is 0 Å². The fraction of sp³-hybridized carbons (Fsp3) is 0.667. The lowest BCUT2D eigenvalue weighted by Crippen LogP contribution is -2.32. The lowest BCUT2D eigenvalue weighted by atomic mass is 9.88. The third-order valence-corrected chi connectivity index (χ3v) is 5.44. The van der Waals surface area contributed by atoms with Crippen LogP contribution in [0.15, 0.2) is 18.2 Å². The van der Waals surface area contributed by atoms with Gasteiger partial charge in [-0.25, -0.2) is 0 Å². The van der Waals surface area contributed by atoms with Gasteiger partial charge in [-0.15, -0.1) is 0 Å². The monoisotopic (exact) mass is 323 g/mol. The molecule has 2 aliphatic rings. The highest BCUT2D eigenvalue weighted by Gasteiger charge is 2.36. The summed E-state index contributed by atoms with van der Waals surface area (Å²) in [5.41, 5.74) is 1.18. The van der Waals surface area contributed by atoms with Gasteiger partial charge in [0.15, 0.2) is 0 Å². The van der Waals surface area contributed by atoms with E-state index in [1.54, 1.807) is 7.11 Å². The van der Waals surface area contributed by atoms with Crippen molar-refractivity contribution in [1.29, 1.82) is 0 Å². The van der Waals surface area contributed by atoms with Crippen LogP contribution in [0.4, 0.5) is 0 Å². The standard InChI is InChI=1S/C18H26ClNO2/c1-13-10-20(12-16(13)18-5-3-4-8-22-18)11-14-6-7-15(21-2)9-17(14)19/h6-7,9,13,16,18H,3-5,8,10-12H2,1-2H3. The van der Waals surface area contributed by atoms with Crippen molar-refractivity contribution in [3.63, 3.8) is 0 Å². The van der Waals surface area contributed by atoms with Gasteiger partial charge in [0.25, 0.3) is 0 Å². The van der Waals surface area contributed by atoms with Crippen molar-refractivity contribution in [3.8, 4) is 5.75 Å². The molecule has 0 radical (unpaired) electrons. The minimum Gasteiger partial charge on any atom is -0.497 e. The van der Waals surface area contributed by atoms with Crippen LogP contribution in [0, 0.1) is 11.8 Å². The minimum absolute atomic E-state index is 0.458. The molecular weight excluding hydrogens is 298 g/mol. The predicted octanol–water partition coefficient (Wildman–Crippen LogP) is 3.99. The zero-order valence-corrected chi connectivity index (χ0v) is 14.3. The molecule has 1 aromatic carbocycles. The predicted molar refractivity (Wildman–Crippen MR) is 89.5 cm³/mol. The first-order valence-electron chi connectivity index (χ1n) is 8.33. The van der Waals surface area contributed by atoms with Gasteiger partial charge < -0.3 is 9.47 Å². The Balaban J connectivity index is 1.62. The van der Waals surface area contributed by atoms with Crippen LogP contribution >= 0.6 is 11.6 Å². The van der Waals surface area contributed by atoms with E-state index in [2.05, 4.69) is 17.9 Å². The molecule has 0 spiro atoms. The van der Waals surface area contributed by atoms with Crippen LogP contribution in [0.1, 0.15) is 31.7 Å². The van der Waals surface area contributed by atoms with Crippen molar-refractivity contribution in [2.24, 2.45) is 11.8 Å². The molecule has 0 saturated carbocycles. The average molecular weight is 324 g/mol. The van der Waals surface area contributed by atoms with Crippen LogP contribution in [-0.2, 0) is 11.3 Å². The zero-order chi connectivity index (χ0) is 15.5. The maximum Gasteiger partial charge on any atom is 0.120 e. The maximum absolute atomic E-state index is 6.38. The molecule has 3 nitrogen and oxygen atoms in total. The van der Waals surface area contributed by atoms with Gasteiger partial charge in [0.05, 0.1) is 13.2 Å². The molecule has 2 heterocycles. The van der Waals surface area contributed by atoms with Gasteiger partial charge in [0.1, 0.15) is 5.75 Å². The Hall–Kier alpha value is -0.770. The normalized spacial score (nSPS) is 29.7. The van der Waals surface area contributed by atoms with E-state index < -0.39 is 0 Å². The summed E-state index contributed by atoms with van der Waals surface area (Å²) in [5, 5.41) is 0.796. The molecular formula is C18H26ClNO2. The average Bonchev–Trinajstić information content (AvgIpc) is 2.91. The van der Waals surface area contributed by atoms with Gasteiger partial charge in [-0.2, -0.15) is 0 Å². The van der Waals surface area contributed by atoms with Crippen LogP contribution in [0.5, 0.6) is 5.75 Å². The summed E-state index contributed by atoms with van der Waals surface area (Å²) in [6, 6.07) is 5.97. The Morgan fingerprint density at radius 1 is 1.32 bits per heavy atom. The summed E-state index contributed by atoms with van der Waals surface area (Å²) < 4.78 is 11.2. The van der Waals surface area contributed by atoms with Gasteiger partial charge in [0, 0.05) is 37.2 Å². The van der Waals surface area contributed by atoms with E-state index in [9.17, 15) is 0 Å². The van der Waals surface area contributed by atoms with Gasteiger partial charge in [-0.1, -0.05) is 24.6 Å². The Kier molecular flexibility index (Phi) is 5.27. The van der Waals surface area contributed by atoms with Crippen molar-refractivity contribution < 1.29 is 9.47 Å². The molecule has 0 aliphatic carbocycles. The number of halogens is 1. The quantitative estimate of drug-likeness (QED) is 0.836. The zero-order valence-electron chi connectivity index (χ0n) is 13.6. The van der Waals surface area contributed by atoms with E-state index in [0.29, 0.717) is 17.9 Å².